The van der Waals surface area contributed by atoms with Gasteiger partial charge in [-0.05, 0) is 18.2 Å². The molecule has 4 rings (SSSR count). The maximum Gasteiger partial charge on any atom is 0.311 e. The number of aromatic nitrogens is 7. The van der Waals surface area contributed by atoms with E-state index in [4.69, 9.17) is 9.47 Å². The number of hydrogen-bond donors (Lipinski definition) is 0. The van der Waals surface area contributed by atoms with Crippen molar-refractivity contribution < 1.29 is 18.7 Å². The van der Waals surface area contributed by atoms with Crippen LogP contribution in [0.4, 0.5) is 4.39 Å². The molecule has 0 fully saturated rings. The first-order valence-corrected chi connectivity index (χ1v) is 7.92. The maximum absolute atomic E-state index is 13.7. The van der Waals surface area contributed by atoms with Gasteiger partial charge in [-0.3, -0.25) is 4.79 Å². The van der Waals surface area contributed by atoms with Gasteiger partial charge in [-0.15, -0.1) is 15.3 Å². The van der Waals surface area contributed by atoms with Gasteiger partial charge in [0.1, 0.15) is 18.1 Å². The van der Waals surface area contributed by atoms with Crippen LogP contribution in [0.25, 0.3) is 22.6 Å². The summed E-state index contributed by atoms with van der Waals surface area (Å²) < 4.78 is 26.4. The predicted octanol–water partition coefficient (Wildman–Crippen LogP) is 0.859. The minimum atomic E-state index is -0.485. The second-order valence-electron chi connectivity index (χ2n) is 5.64. The van der Waals surface area contributed by atoms with Crippen LogP contribution in [-0.2, 0) is 27.3 Å². The summed E-state index contributed by atoms with van der Waals surface area (Å²) >= 11 is 0. The zero-order chi connectivity index (χ0) is 19.0. The van der Waals surface area contributed by atoms with Crippen LogP contribution in [0.3, 0.4) is 0 Å². The van der Waals surface area contributed by atoms with Crippen molar-refractivity contribution in [3.8, 4) is 5.69 Å². The summed E-state index contributed by atoms with van der Waals surface area (Å²) in [6, 6.07) is 5.87. The highest BCUT2D eigenvalue weighted by Gasteiger charge is 2.21. The minimum Gasteiger partial charge on any atom is -0.469 e. The number of carbonyl (C=O) groups is 1. The molecule has 4 aromatic rings. The summed E-state index contributed by atoms with van der Waals surface area (Å²) in [4.78, 5) is 16.0. The molecule has 0 aliphatic heterocycles. The Hall–Kier alpha value is -3.47. The van der Waals surface area contributed by atoms with Crippen molar-refractivity contribution >= 4 is 22.9 Å². The van der Waals surface area contributed by atoms with Crippen LogP contribution in [0, 0.1) is 5.82 Å². The molecule has 0 N–H and O–H groups in total. The van der Waals surface area contributed by atoms with E-state index < -0.39 is 11.8 Å². The Morgan fingerprint density at radius 3 is 2.81 bits per heavy atom. The number of esters is 1. The van der Waals surface area contributed by atoms with Crippen molar-refractivity contribution in [2.45, 2.75) is 13.0 Å². The van der Waals surface area contributed by atoms with Crippen LogP contribution in [0.5, 0.6) is 0 Å². The van der Waals surface area contributed by atoms with Crippen molar-refractivity contribution in [2.24, 2.45) is 0 Å². The second kappa shape index (κ2) is 6.68. The van der Waals surface area contributed by atoms with Crippen molar-refractivity contribution in [2.75, 3.05) is 14.2 Å². The van der Waals surface area contributed by atoms with Crippen LogP contribution >= 0.6 is 0 Å². The molecule has 0 unspecified atom stereocenters. The standard InChI is InChI=1S/C16H14FN7O3/c1-26-8-12-18-16-20-19-14-11(7-13(25)27-2)21-23(15(14)24(16)22-12)10-5-3-4-9(17)6-10/h3-6H,7-8H2,1-2H3. The molecular weight excluding hydrogens is 357 g/mol. The summed E-state index contributed by atoms with van der Waals surface area (Å²) in [7, 11) is 2.81. The number of halogens is 1. The molecule has 0 aliphatic rings. The lowest BCUT2D eigenvalue weighted by Gasteiger charge is -2.03. The van der Waals surface area contributed by atoms with E-state index in [2.05, 4.69) is 25.4 Å². The fourth-order valence-electron chi connectivity index (χ4n) is 2.69. The van der Waals surface area contributed by atoms with Crippen molar-refractivity contribution in [1.82, 2.24) is 34.6 Å². The monoisotopic (exact) mass is 371 g/mol. The lowest BCUT2D eigenvalue weighted by Crippen LogP contribution is -2.06. The summed E-state index contributed by atoms with van der Waals surface area (Å²) in [5, 5.41) is 17.0. The Morgan fingerprint density at radius 1 is 1.22 bits per heavy atom. The molecule has 0 aliphatic carbocycles. The molecule has 0 atom stereocenters. The molecular formula is C16H14FN7O3. The summed E-state index contributed by atoms with van der Waals surface area (Å²) in [5.41, 5.74) is 1.51. The van der Waals surface area contributed by atoms with E-state index in [9.17, 15) is 9.18 Å². The molecule has 11 heteroatoms. The molecule has 0 amide bonds. The molecule has 0 saturated carbocycles. The average Bonchev–Trinajstić information content (AvgIpc) is 3.23. The van der Waals surface area contributed by atoms with Crippen LogP contribution < -0.4 is 0 Å². The number of carbonyl (C=O) groups excluding carboxylic acids is 1. The number of ether oxygens (including phenoxy) is 2. The Bertz CT molecular complexity index is 1150. The Labute approximate surface area is 151 Å². The molecule has 3 heterocycles. The number of methoxy groups -OCH3 is 2. The highest BCUT2D eigenvalue weighted by atomic mass is 19.1. The van der Waals surface area contributed by atoms with Gasteiger partial charge < -0.3 is 9.47 Å². The zero-order valence-electron chi connectivity index (χ0n) is 14.5. The molecule has 3 aromatic heterocycles. The zero-order valence-corrected chi connectivity index (χ0v) is 14.5. The third kappa shape index (κ3) is 2.97. The Balaban J connectivity index is 2.01. The topological polar surface area (TPSA) is 109 Å². The van der Waals surface area contributed by atoms with Crippen LogP contribution in [0.1, 0.15) is 11.5 Å². The first kappa shape index (κ1) is 17.0. The fraction of sp³-hybridized carbons (Fsp3) is 0.250. The van der Waals surface area contributed by atoms with Crippen LogP contribution in [0.2, 0.25) is 0 Å². The minimum absolute atomic E-state index is 0.116. The maximum atomic E-state index is 13.7. The Morgan fingerprint density at radius 2 is 2.07 bits per heavy atom. The quantitative estimate of drug-likeness (QED) is 0.475. The van der Waals surface area contributed by atoms with Crippen molar-refractivity contribution in [3.05, 3.63) is 41.6 Å². The molecule has 10 nitrogen and oxygen atoms in total. The van der Waals surface area contributed by atoms with Crippen molar-refractivity contribution in [1.29, 1.82) is 0 Å². The molecule has 27 heavy (non-hydrogen) atoms. The van der Waals surface area contributed by atoms with Gasteiger partial charge in [0.25, 0.3) is 5.78 Å². The summed E-state index contributed by atoms with van der Waals surface area (Å²) in [5.74, 6) is -0.276. The normalized spacial score (nSPS) is 11.4. The van der Waals surface area contributed by atoms with Gasteiger partial charge in [-0.1, -0.05) is 6.07 Å². The van der Waals surface area contributed by atoms with E-state index in [1.54, 1.807) is 12.1 Å². The van der Waals surface area contributed by atoms with E-state index >= 15 is 0 Å². The van der Waals surface area contributed by atoms with Crippen LogP contribution in [-0.4, -0.2) is 54.8 Å². The molecule has 138 valence electrons. The van der Waals surface area contributed by atoms with Gasteiger partial charge in [0.05, 0.1) is 19.2 Å². The molecule has 1 aromatic carbocycles. The largest absolute Gasteiger partial charge is 0.469 e. The highest BCUT2D eigenvalue weighted by Crippen LogP contribution is 2.21. The van der Waals surface area contributed by atoms with E-state index in [0.717, 1.165) is 0 Å². The number of benzene rings is 1. The Kier molecular flexibility index (Phi) is 4.20. The lowest BCUT2D eigenvalue weighted by atomic mass is 10.3. The predicted molar refractivity (Wildman–Crippen MR) is 89.6 cm³/mol. The van der Waals surface area contributed by atoms with Gasteiger partial charge >= 0.3 is 5.97 Å². The first-order valence-electron chi connectivity index (χ1n) is 7.92. The molecule has 0 spiro atoms. The van der Waals surface area contributed by atoms with E-state index in [-0.39, 0.29) is 18.8 Å². The summed E-state index contributed by atoms with van der Waals surface area (Å²) in [6.45, 7) is 0.188. The lowest BCUT2D eigenvalue weighted by molar-refractivity contribution is -0.139. The molecule has 0 bridgehead atoms. The van der Waals surface area contributed by atoms with Gasteiger partial charge in [0.15, 0.2) is 17.0 Å². The number of nitrogens with zero attached hydrogens (tertiary/aromatic N) is 7. The van der Waals surface area contributed by atoms with Gasteiger partial charge in [-0.25, -0.2) is 9.07 Å². The third-order valence-corrected chi connectivity index (χ3v) is 3.85. The molecule has 0 radical (unpaired) electrons. The third-order valence-electron chi connectivity index (χ3n) is 3.85. The van der Waals surface area contributed by atoms with Gasteiger partial charge in [0.2, 0.25) is 0 Å². The summed E-state index contributed by atoms with van der Waals surface area (Å²) in [6.07, 6.45) is -0.116. The first-order chi connectivity index (χ1) is 13.1. The molecule has 0 saturated heterocycles. The second-order valence-corrected chi connectivity index (χ2v) is 5.64. The van der Waals surface area contributed by atoms with Crippen LogP contribution in [0.15, 0.2) is 24.3 Å². The van der Waals surface area contributed by atoms with E-state index in [1.807, 2.05) is 0 Å². The highest BCUT2D eigenvalue weighted by molar-refractivity contribution is 5.82. The fourth-order valence-corrected chi connectivity index (χ4v) is 2.69. The SMILES string of the molecule is COCc1nc2nnc3c(CC(=O)OC)nn(-c4cccc(F)c4)c3n2n1. The van der Waals surface area contributed by atoms with Crippen molar-refractivity contribution in [3.63, 3.8) is 0 Å². The van der Waals surface area contributed by atoms with Gasteiger partial charge in [-0.2, -0.15) is 14.6 Å². The number of hydrogen-bond acceptors (Lipinski definition) is 8. The number of fused-ring (bicyclic) bond motifs is 3. The van der Waals surface area contributed by atoms with E-state index in [1.165, 1.54) is 35.5 Å². The average molecular weight is 371 g/mol. The van der Waals surface area contributed by atoms with Gasteiger partial charge in [0, 0.05) is 7.11 Å². The smallest absolute Gasteiger partial charge is 0.311 e. The van der Waals surface area contributed by atoms with E-state index in [0.29, 0.717) is 28.4 Å². The number of rotatable bonds is 5.